The predicted octanol–water partition coefficient (Wildman–Crippen LogP) is 2.66. The maximum atomic E-state index is 12.6. The second-order valence-corrected chi connectivity index (χ2v) is 7.39. The normalized spacial score (nSPS) is 13.0. The standard InChI is InChI=1S/C16H16ClNO4S/c1-18(23(21,22)13-8-3-2-4-9-13)15(16(19)20)11-12-7-5-6-10-14(12)17/h2-10,15H,11H2,1H3,(H,19,20)/t15-/m0/s1. The van der Waals surface area contributed by atoms with Gasteiger partial charge in [0.05, 0.1) is 4.90 Å². The number of carboxylic acids is 1. The van der Waals surface area contributed by atoms with E-state index >= 15 is 0 Å². The Labute approximate surface area is 140 Å². The number of nitrogens with zero attached hydrogens (tertiary/aromatic N) is 1. The van der Waals surface area contributed by atoms with Gasteiger partial charge in [-0.3, -0.25) is 4.79 Å². The van der Waals surface area contributed by atoms with Crippen molar-refractivity contribution in [1.82, 2.24) is 4.31 Å². The van der Waals surface area contributed by atoms with Crippen molar-refractivity contribution in [2.75, 3.05) is 7.05 Å². The van der Waals surface area contributed by atoms with Gasteiger partial charge in [-0.1, -0.05) is 48.0 Å². The van der Waals surface area contributed by atoms with Crippen molar-refractivity contribution in [3.63, 3.8) is 0 Å². The molecule has 23 heavy (non-hydrogen) atoms. The van der Waals surface area contributed by atoms with E-state index < -0.39 is 22.0 Å². The molecule has 0 aromatic heterocycles. The van der Waals surface area contributed by atoms with E-state index in [4.69, 9.17) is 11.6 Å². The van der Waals surface area contributed by atoms with E-state index in [1.165, 1.54) is 19.2 Å². The number of carbonyl (C=O) groups is 1. The largest absolute Gasteiger partial charge is 0.480 e. The van der Waals surface area contributed by atoms with Crippen LogP contribution < -0.4 is 0 Å². The van der Waals surface area contributed by atoms with E-state index in [9.17, 15) is 18.3 Å². The molecule has 1 N–H and O–H groups in total. The molecule has 7 heteroatoms. The van der Waals surface area contributed by atoms with Crippen LogP contribution in [0.5, 0.6) is 0 Å². The van der Waals surface area contributed by atoms with Gasteiger partial charge in [0.15, 0.2) is 0 Å². The third-order valence-electron chi connectivity index (χ3n) is 3.52. The Bertz CT molecular complexity index is 793. The van der Waals surface area contributed by atoms with Gasteiger partial charge in [-0.2, -0.15) is 4.31 Å². The Morgan fingerprint density at radius 3 is 2.26 bits per heavy atom. The van der Waals surface area contributed by atoms with Crippen LogP contribution in [0.1, 0.15) is 5.56 Å². The maximum Gasteiger partial charge on any atom is 0.322 e. The van der Waals surface area contributed by atoms with E-state index in [0.717, 1.165) is 4.31 Å². The summed E-state index contributed by atoms with van der Waals surface area (Å²) in [7, 11) is -2.64. The second-order valence-electron chi connectivity index (χ2n) is 4.98. The molecule has 0 saturated heterocycles. The molecule has 2 aromatic carbocycles. The summed E-state index contributed by atoms with van der Waals surface area (Å²) in [6.45, 7) is 0. The van der Waals surface area contributed by atoms with Gasteiger partial charge in [-0.05, 0) is 23.8 Å². The molecule has 0 radical (unpaired) electrons. The Kier molecular flexibility index (Phi) is 5.41. The minimum Gasteiger partial charge on any atom is -0.480 e. The number of carboxylic acid groups (broad SMARTS) is 1. The first-order chi connectivity index (χ1) is 10.8. The van der Waals surface area contributed by atoms with Crippen molar-refractivity contribution in [2.45, 2.75) is 17.4 Å². The Morgan fingerprint density at radius 2 is 1.70 bits per heavy atom. The fourth-order valence-corrected chi connectivity index (χ4v) is 3.72. The summed E-state index contributed by atoms with van der Waals surface area (Å²) < 4.78 is 26.0. The highest BCUT2D eigenvalue weighted by atomic mass is 35.5. The van der Waals surface area contributed by atoms with Crippen molar-refractivity contribution in [3.05, 3.63) is 65.2 Å². The lowest BCUT2D eigenvalue weighted by Crippen LogP contribution is -2.43. The van der Waals surface area contributed by atoms with Crippen LogP contribution in [0.25, 0.3) is 0 Å². The predicted molar refractivity (Wildman–Crippen MR) is 88.0 cm³/mol. The zero-order chi connectivity index (χ0) is 17.0. The zero-order valence-electron chi connectivity index (χ0n) is 12.4. The second kappa shape index (κ2) is 7.12. The lowest BCUT2D eigenvalue weighted by molar-refractivity contribution is -0.141. The lowest BCUT2D eigenvalue weighted by Gasteiger charge is -2.24. The average molecular weight is 354 g/mol. The molecule has 122 valence electrons. The molecule has 0 unspecified atom stereocenters. The van der Waals surface area contributed by atoms with Crippen molar-refractivity contribution >= 4 is 27.6 Å². The highest BCUT2D eigenvalue weighted by molar-refractivity contribution is 7.89. The average Bonchev–Trinajstić information content (AvgIpc) is 2.54. The van der Waals surface area contributed by atoms with Gasteiger partial charge in [0.25, 0.3) is 0 Å². The molecule has 0 aliphatic carbocycles. The quantitative estimate of drug-likeness (QED) is 0.866. The summed E-state index contributed by atoms with van der Waals surface area (Å²) in [5.41, 5.74) is 0.580. The van der Waals surface area contributed by atoms with Crippen molar-refractivity contribution in [2.24, 2.45) is 0 Å². The first-order valence-corrected chi connectivity index (χ1v) is 8.65. The van der Waals surface area contributed by atoms with Crippen LogP contribution in [0.15, 0.2) is 59.5 Å². The van der Waals surface area contributed by atoms with Crippen LogP contribution >= 0.6 is 11.6 Å². The number of halogens is 1. The third-order valence-corrected chi connectivity index (χ3v) is 5.76. The van der Waals surface area contributed by atoms with E-state index in [-0.39, 0.29) is 11.3 Å². The molecule has 0 saturated carbocycles. The van der Waals surface area contributed by atoms with Crippen LogP contribution in [0, 0.1) is 0 Å². The molecule has 5 nitrogen and oxygen atoms in total. The first-order valence-electron chi connectivity index (χ1n) is 6.83. The van der Waals surface area contributed by atoms with Gasteiger partial charge in [0, 0.05) is 18.5 Å². The fraction of sp³-hybridized carbons (Fsp3) is 0.188. The number of rotatable bonds is 6. The van der Waals surface area contributed by atoms with Crippen LogP contribution in [0.2, 0.25) is 5.02 Å². The van der Waals surface area contributed by atoms with Crippen LogP contribution in [0.3, 0.4) is 0 Å². The summed E-state index contributed by atoms with van der Waals surface area (Å²) >= 11 is 6.05. The van der Waals surface area contributed by atoms with Crippen molar-refractivity contribution in [3.8, 4) is 0 Å². The van der Waals surface area contributed by atoms with E-state index in [1.54, 1.807) is 42.5 Å². The molecule has 2 rings (SSSR count). The fourth-order valence-electron chi connectivity index (χ4n) is 2.17. The molecule has 0 bridgehead atoms. The van der Waals surface area contributed by atoms with Crippen molar-refractivity contribution < 1.29 is 18.3 Å². The first kappa shape index (κ1) is 17.5. The van der Waals surface area contributed by atoms with Crippen LogP contribution in [-0.2, 0) is 21.2 Å². The smallest absolute Gasteiger partial charge is 0.322 e. The number of likely N-dealkylation sites (N-methyl/N-ethyl adjacent to an activating group) is 1. The Hall–Kier alpha value is -1.89. The van der Waals surface area contributed by atoms with E-state index in [0.29, 0.717) is 10.6 Å². The summed E-state index contributed by atoms with van der Waals surface area (Å²) in [6, 6.07) is 13.3. The third kappa shape index (κ3) is 3.90. The minimum absolute atomic E-state index is 0.0163. The molecule has 0 fully saturated rings. The van der Waals surface area contributed by atoms with Crippen LogP contribution in [-0.4, -0.2) is 36.9 Å². The summed E-state index contributed by atoms with van der Waals surface area (Å²) in [6.07, 6.45) is -0.0163. The topological polar surface area (TPSA) is 74.7 Å². The van der Waals surface area contributed by atoms with Gasteiger partial charge in [0.2, 0.25) is 10.0 Å². The zero-order valence-corrected chi connectivity index (χ0v) is 14.0. The molecule has 0 aliphatic rings. The molecule has 0 aliphatic heterocycles. The van der Waals surface area contributed by atoms with E-state index in [1.807, 2.05) is 0 Å². The van der Waals surface area contributed by atoms with Gasteiger partial charge in [-0.25, -0.2) is 8.42 Å². The Balaban J connectivity index is 2.35. The number of sulfonamides is 1. The molecular formula is C16H16ClNO4S. The van der Waals surface area contributed by atoms with Crippen LogP contribution in [0.4, 0.5) is 0 Å². The van der Waals surface area contributed by atoms with Gasteiger partial charge >= 0.3 is 5.97 Å². The summed E-state index contributed by atoms with van der Waals surface area (Å²) in [5.74, 6) is -1.23. The Morgan fingerprint density at radius 1 is 1.13 bits per heavy atom. The van der Waals surface area contributed by atoms with Gasteiger partial charge in [0.1, 0.15) is 6.04 Å². The SMILES string of the molecule is CN([C@@H](Cc1ccccc1Cl)C(=O)O)S(=O)(=O)c1ccccc1. The number of aliphatic carboxylic acids is 1. The number of hydrogen-bond acceptors (Lipinski definition) is 3. The van der Waals surface area contributed by atoms with Crippen molar-refractivity contribution in [1.29, 1.82) is 0 Å². The number of hydrogen-bond donors (Lipinski definition) is 1. The molecule has 0 amide bonds. The molecule has 1 atom stereocenters. The van der Waals surface area contributed by atoms with Gasteiger partial charge < -0.3 is 5.11 Å². The monoisotopic (exact) mass is 353 g/mol. The van der Waals surface area contributed by atoms with Gasteiger partial charge in [-0.15, -0.1) is 0 Å². The minimum atomic E-state index is -3.91. The lowest BCUT2D eigenvalue weighted by atomic mass is 10.1. The molecule has 2 aromatic rings. The number of benzene rings is 2. The molecule has 0 heterocycles. The molecular weight excluding hydrogens is 338 g/mol. The summed E-state index contributed by atoms with van der Waals surface area (Å²) in [4.78, 5) is 11.6. The molecule has 0 spiro atoms. The highest BCUT2D eigenvalue weighted by Crippen LogP contribution is 2.22. The maximum absolute atomic E-state index is 12.6. The summed E-state index contributed by atoms with van der Waals surface area (Å²) in [5, 5.41) is 9.86. The van der Waals surface area contributed by atoms with E-state index in [2.05, 4.69) is 0 Å². The highest BCUT2D eigenvalue weighted by Gasteiger charge is 2.33.